The monoisotopic (exact) mass is 320 g/mol. The molecule has 6 heteroatoms. The normalized spacial score (nSPS) is 13.7. The molecule has 0 fully saturated rings. The number of benzene rings is 1. The minimum absolute atomic E-state index is 0.187. The Morgan fingerprint density at radius 3 is 2.13 bits per heavy atom. The van der Waals surface area contributed by atoms with Gasteiger partial charge in [0.15, 0.2) is 6.04 Å². The average molecular weight is 320 g/mol. The number of hydrogen-bond acceptors (Lipinski definition) is 3. The molecule has 0 bridgehead atoms. The summed E-state index contributed by atoms with van der Waals surface area (Å²) in [5, 5.41) is 14.3. The summed E-state index contributed by atoms with van der Waals surface area (Å²) >= 11 is 0. The third-order valence-electron chi connectivity index (χ3n) is 3.13. The molecule has 0 radical (unpaired) electrons. The number of hydrogen-bond donors (Lipinski definition) is 3. The van der Waals surface area contributed by atoms with Crippen LogP contribution in [0.5, 0.6) is 0 Å². The fourth-order valence-electron chi connectivity index (χ4n) is 2.04. The van der Waals surface area contributed by atoms with E-state index in [-0.39, 0.29) is 17.7 Å². The van der Waals surface area contributed by atoms with Gasteiger partial charge in [-0.15, -0.1) is 0 Å². The van der Waals surface area contributed by atoms with Crippen LogP contribution in [0.25, 0.3) is 0 Å². The zero-order valence-corrected chi connectivity index (χ0v) is 13.9. The topological polar surface area (TPSA) is 95.5 Å². The second-order valence-corrected chi connectivity index (χ2v) is 6.72. The largest absolute Gasteiger partial charge is 0.479 e. The summed E-state index contributed by atoms with van der Waals surface area (Å²) in [5.74, 6) is -1.94. The highest BCUT2D eigenvalue weighted by Gasteiger charge is 2.26. The number of carboxylic acid groups (broad SMARTS) is 1. The van der Waals surface area contributed by atoms with Crippen molar-refractivity contribution in [3.8, 4) is 0 Å². The van der Waals surface area contributed by atoms with Crippen LogP contribution in [0, 0.1) is 5.41 Å². The predicted molar refractivity (Wildman–Crippen MR) is 86.6 cm³/mol. The first-order valence-corrected chi connectivity index (χ1v) is 7.47. The summed E-state index contributed by atoms with van der Waals surface area (Å²) in [5.41, 5.74) is 0.287. The number of carbonyl (C=O) groups excluding carboxylic acids is 2. The SMILES string of the molecule is CC(NC(=O)CC(C)(C)C)C(=O)N[C@H](C(=O)O)c1ccccc1. The van der Waals surface area contributed by atoms with E-state index in [4.69, 9.17) is 0 Å². The smallest absolute Gasteiger partial charge is 0.330 e. The van der Waals surface area contributed by atoms with Crippen molar-refractivity contribution in [1.29, 1.82) is 0 Å². The quantitative estimate of drug-likeness (QED) is 0.745. The summed E-state index contributed by atoms with van der Waals surface area (Å²) in [6, 6.07) is 6.46. The molecule has 1 aromatic rings. The third kappa shape index (κ3) is 6.50. The molecular weight excluding hydrogens is 296 g/mol. The summed E-state index contributed by atoms with van der Waals surface area (Å²) in [6.07, 6.45) is 0.283. The van der Waals surface area contributed by atoms with E-state index in [0.29, 0.717) is 5.56 Å². The average Bonchev–Trinajstić information content (AvgIpc) is 2.42. The fraction of sp³-hybridized carbons (Fsp3) is 0.471. The van der Waals surface area contributed by atoms with Crippen molar-refractivity contribution in [3.05, 3.63) is 35.9 Å². The summed E-state index contributed by atoms with van der Waals surface area (Å²) in [6.45, 7) is 7.30. The van der Waals surface area contributed by atoms with Gasteiger partial charge in [-0.2, -0.15) is 0 Å². The van der Waals surface area contributed by atoms with Crippen molar-refractivity contribution < 1.29 is 19.5 Å². The van der Waals surface area contributed by atoms with Gasteiger partial charge < -0.3 is 15.7 Å². The lowest BCUT2D eigenvalue weighted by molar-refractivity contribution is -0.142. The molecule has 126 valence electrons. The van der Waals surface area contributed by atoms with E-state index in [9.17, 15) is 19.5 Å². The summed E-state index contributed by atoms with van der Waals surface area (Å²) in [7, 11) is 0. The maximum atomic E-state index is 12.1. The van der Waals surface area contributed by atoms with Crippen molar-refractivity contribution in [1.82, 2.24) is 10.6 Å². The number of carbonyl (C=O) groups is 3. The molecule has 0 spiro atoms. The molecule has 2 atom stereocenters. The van der Waals surface area contributed by atoms with Crippen LogP contribution in [0.3, 0.4) is 0 Å². The van der Waals surface area contributed by atoms with Gasteiger partial charge in [0.1, 0.15) is 6.04 Å². The van der Waals surface area contributed by atoms with E-state index in [0.717, 1.165) is 0 Å². The molecule has 1 unspecified atom stereocenters. The molecule has 1 aromatic carbocycles. The molecule has 6 nitrogen and oxygen atoms in total. The highest BCUT2D eigenvalue weighted by atomic mass is 16.4. The number of amides is 2. The summed E-state index contributed by atoms with van der Waals surface area (Å²) in [4.78, 5) is 35.4. The Labute approximate surface area is 136 Å². The van der Waals surface area contributed by atoms with E-state index >= 15 is 0 Å². The zero-order valence-electron chi connectivity index (χ0n) is 13.9. The number of rotatable bonds is 6. The van der Waals surface area contributed by atoms with Gasteiger partial charge in [0.2, 0.25) is 11.8 Å². The first kappa shape index (κ1) is 18.7. The molecule has 3 N–H and O–H groups in total. The van der Waals surface area contributed by atoms with Crippen LogP contribution in [0.1, 0.15) is 45.7 Å². The van der Waals surface area contributed by atoms with E-state index in [1.807, 2.05) is 20.8 Å². The Kier molecular flexibility index (Phi) is 6.30. The van der Waals surface area contributed by atoms with Gasteiger partial charge in [-0.05, 0) is 17.9 Å². The summed E-state index contributed by atoms with van der Waals surface area (Å²) < 4.78 is 0. The maximum Gasteiger partial charge on any atom is 0.330 e. The van der Waals surface area contributed by atoms with Gasteiger partial charge in [-0.1, -0.05) is 51.1 Å². The van der Waals surface area contributed by atoms with Crippen LogP contribution in [-0.2, 0) is 14.4 Å². The molecule has 0 aliphatic carbocycles. The highest BCUT2D eigenvalue weighted by Crippen LogP contribution is 2.18. The second-order valence-electron chi connectivity index (χ2n) is 6.72. The van der Waals surface area contributed by atoms with Crippen LogP contribution in [0.2, 0.25) is 0 Å². The molecule has 0 saturated heterocycles. The third-order valence-corrected chi connectivity index (χ3v) is 3.13. The van der Waals surface area contributed by atoms with Crippen LogP contribution < -0.4 is 10.6 Å². The molecular formula is C17H24N2O4. The lowest BCUT2D eigenvalue weighted by atomic mass is 9.92. The standard InChI is InChI=1S/C17H24N2O4/c1-11(18-13(20)10-17(2,3)4)15(21)19-14(16(22)23)12-8-6-5-7-9-12/h5-9,11,14H,10H2,1-4H3,(H,18,20)(H,19,21)(H,22,23)/t11?,14-/m0/s1. The minimum atomic E-state index is -1.15. The molecule has 23 heavy (non-hydrogen) atoms. The van der Waals surface area contributed by atoms with Crippen LogP contribution >= 0.6 is 0 Å². The molecule has 0 aliphatic heterocycles. The van der Waals surface area contributed by atoms with Crippen molar-refractivity contribution in [3.63, 3.8) is 0 Å². The first-order valence-electron chi connectivity index (χ1n) is 7.47. The molecule has 1 rings (SSSR count). The number of carboxylic acids is 1. The fourth-order valence-corrected chi connectivity index (χ4v) is 2.04. The van der Waals surface area contributed by atoms with Gasteiger partial charge in [-0.25, -0.2) is 4.79 Å². The van der Waals surface area contributed by atoms with E-state index in [2.05, 4.69) is 10.6 Å². The first-order chi connectivity index (χ1) is 10.6. The van der Waals surface area contributed by atoms with Gasteiger partial charge in [-0.3, -0.25) is 9.59 Å². The Morgan fingerprint density at radius 2 is 1.65 bits per heavy atom. The van der Waals surface area contributed by atoms with E-state index < -0.39 is 24.0 Å². The van der Waals surface area contributed by atoms with Crippen LogP contribution in [-0.4, -0.2) is 28.9 Å². The van der Waals surface area contributed by atoms with Crippen LogP contribution in [0.4, 0.5) is 0 Å². The lowest BCUT2D eigenvalue weighted by Gasteiger charge is -2.21. The van der Waals surface area contributed by atoms with Gasteiger partial charge in [0.05, 0.1) is 0 Å². The van der Waals surface area contributed by atoms with Crippen LogP contribution in [0.15, 0.2) is 30.3 Å². The van der Waals surface area contributed by atoms with Crippen molar-refractivity contribution in [2.45, 2.75) is 46.2 Å². The lowest BCUT2D eigenvalue weighted by Crippen LogP contribution is -2.47. The number of aliphatic carboxylic acids is 1. The van der Waals surface area contributed by atoms with Gasteiger partial charge in [0.25, 0.3) is 0 Å². The molecule has 0 aromatic heterocycles. The van der Waals surface area contributed by atoms with Gasteiger partial charge in [0, 0.05) is 6.42 Å². The molecule has 0 saturated carbocycles. The Hall–Kier alpha value is -2.37. The maximum absolute atomic E-state index is 12.1. The Balaban J connectivity index is 2.69. The van der Waals surface area contributed by atoms with E-state index in [1.54, 1.807) is 30.3 Å². The predicted octanol–water partition coefficient (Wildman–Crippen LogP) is 1.87. The van der Waals surface area contributed by atoms with Gasteiger partial charge >= 0.3 is 5.97 Å². The highest BCUT2D eigenvalue weighted by molar-refractivity contribution is 5.90. The molecule has 0 heterocycles. The Bertz CT molecular complexity index is 564. The number of nitrogens with one attached hydrogen (secondary N) is 2. The second kappa shape index (κ2) is 7.76. The molecule has 0 aliphatic rings. The Morgan fingerprint density at radius 1 is 1.09 bits per heavy atom. The minimum Gasteiger partial charge on any atom is -0.479 e. The molecule has 2 amide bonds. The van der Waals surface area contributed by atoms with Crippen molar-refractivity contribution in [2.75, 3.05) is 0 Å². The zero-order chi connectivity index (χ0) is 17.6. The van der Waals surface area contributed by atoms with E-state index in [1.165, 1.54) is 6.92 Å². The van der Waals surface area contributed by atoms with Crippen molar-refractivity contribution >= 4 is 17.8 Å². The van der Waals surface area contributed by atoms with Crippen molar-refractivity contribution in [2.24, 2.45) is 5.41 Å².